The first-order valence-electron chi connectivity index (χ1n) is 4.28. The second kappa shape index (κ2) is 3.80. The summed E-state index contributed by atoms with van der Waals surface area (Å²) < 4.78 is 0.917. The van der Waals surface area contributed by atoms with Gasteiger partial charge in [-0.05, 0) is 46.1 Å². The molecule has 1 N–H and O–H groups in total. The molecule has 4 heteroatoms. The van der Waals surface area contributed by atoms with Crippen LogP contribution in [0.25, 0.3) is 0 Å². The number of amides is 1. The van der Waals surface area contributed by atoms with E-state index in [1.807, 2.05) is 11.4 Å². The first kappa shape index (κ1) is 9.21. The standard InChI is InChI=1S/C9H10BrNOS/c10-8-7(3-4-13-8)9(12)11-5-6-1-2-6/h3-4,6H,1-2,5H2,(H,11,12). The molecule has 1 fully saturated rings. The van der Waals surface area contributed by atoms with E-state index in [0.29, 0.717) is 0 Å². The van der Waals surface area contributed by atoms with Crippen molar-refractivity contribution in [1.82, 2.24) is 5.32 Å². The maximum absolute atomic E-state index is 11.5. The van der Waals surface area contributed by atoms with E-state index in [2.05, 4.69) is 21.2 Å². The molecule has 0 radical (unpaired) electrons. The summed E-state index contributed by atoms with van der Waals surface area (Å²) in [5, 5.41) is 4.84. The number of thiophene rings is 1. The van der Waals surface area contributed by atoms with E-state index in [9.17, 15) is 4.79 Å². The van der Waals surface area contributed by atoms with E-state index in [0.717, 1.165) is 21.8 Å². The van der Waals surface area contributed by atoms with Crippen molar-refractivity contribution in [3.63, 3.8) is 0 Å². The van der Waals surface area contributed by atoms with E-state index < -0.39 is 0 Å². The molecule has 0 spiro atoms. The summed E-state index contributed by atoms with van der Waals surface area (Å²) in [5.41, 5.74) is 0.755. The van der Waals surface area contributed by atoms with E-state index in [1.165, 1.54) is 24.2 Å². The minimum absolute atomic E-state index is 0.0417. The van der Waals surface area contributed by atoms with Gasteiger partial charge in [0.05, 0.1) is 9.35 Å². The highest BCUT2D eigenvalue weighted by molar-refractivity contribution is 9.11. The molecule has 2 nitrogen and oxygen atoms in total. The average Bonchev–Trinajstić information content (AvgIpc) is 2.84. The number of halogens is 1. The molecule has 1 aromatic rings. The molecule has 1 aromatic heterocycles. The Balaban J connectivity index is 1.92. The summed E-state index contributed by atoms with van der Waals surface area (Å²) in [6, 6.07) is 1.84. The maximum Gasteiger partial charge on any atom is 0.253 e. The van der Waals surface area contributed by atoms with Gasteiger partial charge in [-0.3, -0.25) is 4.79 Å². The van der Waals surface area contributed by atoms with Crippen LogP contribution >= 0.6 is 27.3 Å². The van der Waals surface area contributed by atoms with E-state index in [-0.39, 0.29) is 5.91 Å². The van der Waals surface area contributed by atoms with Gasteiger partial charge in [-0.25, -0.2) is 0 Å². The van der Waals surface area contributed by atoms with Crippen molar-refractivity contribution in [3.05, 3.63) is 20.8 Å². The monoisotopic (exact) mass is 259 g/mol. The highest BCUT2D eigenvalue weighted by Crippen LogP contribution is 2.28. The Morgan fingerprint density at radius 2 is 2.46 bits per heavy atom. The van der Waals surface area contributed by atoms with Crippen LogP contribution in [0.3, 0.4) is 0 Å². The molecule has 0 aliphatic heterocycles. The molecule has 0 atom stereocenters. The summed E-state index contributed by atoms with van der Waals surface area (Å²) in [7, 11) is 0. The van der Waals surface area contributed by atoms with Crippen LogP contribution in [0.1, 0.15) is 23.2 Å². The topological polar surface area (TPSA) is 29.1 Å². The Morgan fingerprint density at radius 3 is 3.00 bits per heavy atom. The lowest BCUT2D eigenvalue weighted by Gasteiger charge is -2.01. The van der Waals surface area contributed by atoms with Crippen molar-refractivity contribution in [2.45, 2.75) is 12.8 Å². The molecule has 70 valence electrons. The van der Waals surface area contributed by atoms with Gasteiger partial charge in [0, 0.05) is 6.54 Å². The van der Waals surface area contributed by atoms with Gasteiger partial charge in [0.2, 0.25) is 0 Å². The lowest BCUT2D eigenvalue weighted by atomic mass is 10.3. The average molecular weight is 260 g/mol. The smallest absolute Gasteiger partial charge is 0.253 e. The first-order chi connectivity index (χ1) is 6.27. The first-order valence-corrected chi connectivity index (χ1v) is 5.96. The van der Waals surface area contributed by atoms with Gasteiger partial charge in [0.15, 0.2) is 0 Å². The van der Waals surface area contributed by atoms with E-state index >= 15 is 0 Å². The normalized spacial score (nSPS) is 15.8. The lowest BCUT2D eigenvalue weighted by molar-refractivity contribution is 0.0951. The number of hydrogen-bond acceptors (Lipinski definition) is 2. The van der Waals surface area contributed by atoms with Gasteiger partial charge < -0.3 is 5.32 Å². The zero-order valence-corrected chi connectivity index (χ0v) is 9.45. The van der Waals surface area contributed by atoms with Crippen molar-refractivity contribution >= 4 is 33.2 Å². The van der Waals surface area contributed by atoms with Gasteiger partial charge in [-0.15, -0.1) is 11.3 Å². The SMILES string of the molecule is O=C(NCC1CC1)c1ccsc1Br. The van der Waals surface area contributed by atoms with Crippen LogP contribution in [0, 0.1) is 5.92 Å². The van der Waals surface area contributed by atoms with E-state index in [1.54, 1.807) is 0 Å². The Kier molecular flexibility index (Phi) is 2.69. The predicted octanol–water partition coefficient (Wildman–Crippen LogP) is 2.65. The molecular formula is C9H10BrNOS. The molecule has 0 bridgehead atoms. The maximum atomic E-state index is 11.5. The quantitative estimate of drug-likeness (QED) is 0.889. The molecule has 0 aromatic carbocycles. The molecule has 1 aliphatic rings. The van der Waals surface area contributed by atoms with Crippen molar-refractivity contribution in [2.75, 3.05) is 6.54 Å². The second-order valence-corrected chi connectivity index (χ2v) is 5.50. The molecule has 0 saturated heterocycles. The summed E-state index contributed by atoms with van der Waals surface area (Å²) in [4.78, 5) is 11.5. The van der Waals surface area contributed by atoms with Crippen LogP contribution in [-0.4, -0.2) is 12.5 Å². The number of carbonyl (C=O) groups is 1. The lowest BCUT2D eigenvalue weighted by Crippen LogP contribution is -2.25. The summed E-state index contributed by atoms with van der Waals surface area (Å²) in [6.45, 7) is 0.834. The minimum atomic E-state index is 0.0417. The fourth-order valence-electron chi connectivity index (χ4n) is 1.11. The number of rotatable bonds is 3. The van der Waals surface area contributed by atoms with Gasteiger partial charge in [0.25, 0.3) is 5.91 Å². The molecule has 0 unspecified atom stereocenters. The van der Waals surface area contributed by atoms with Crippen LogP contribution < -0.4 is 5.32 Å². The highest BCUT2D eigenvalue weighted by atomic mass is 79.9. The number of carbonyl (C=O) groups excluding carboxylic acids is 1. The molecular weight excluding hydrogens is 250 g/mol. The summed E-state index contributed by atoms with van der Waals surface area (Å²) >= 11 is 4.89. The molecule has 1 aliphatic carbocycles. The highest BCUT2D eigenvalue weighted by Gasteiger charge is 2.22. The summed E-state index contributed by atoms with van der Waals surface area (Å²) in [6.07, 6.45) is 2.54. The minimum Gasteiger partial charge on any atom is -0.352 e. The zero-order chi connectivity index (χ0) is 9.26. The van der Waals surface area contributed by atoms with Crippen LogP contribution in [0.15, 0.2) is 15.2 Å². The van der Waals surface area contributed by atoms with Crippen LogP contribution in [0.4, 0.5) is 0 Å². The third-order valence-corrected chi connectivity index (χ3v) is 3.80. The van der Waals surface area contributed by atoms with Crippen LogP contribution in [-0.2, 0) is 0 Å². The number of hydrogen-bond donors (Lipinski definition) is 1. The Hall–Kier alpha value is -0.350. The Morgan fingerprint density at radius 1 is 1.69 bits per heavy atom. The van der Waals surface area contributed by atoms with Crippen molar-refractivity contribution in [2.24, 2.45) is 5.92 Å². The second-order valence-electron chi connectivity index (χ2n) is 3.26. The third-order valence-electron chi connectivity index (χ3n) is 2.11. The van der Waals surface area contributed by atoms with Crippen LogP contribution in [0.5, 0.6) is 0 Å². The molecule has 2 rings (SSSR count). The largest absolute Gasteiger partial charge is 0.352 e. The fourth-order valence-corrected chi connectivity index (χ4v) is 2.36. The van der Waals surface area contributed by atoms with Crippen molar-refractivity contribution in [3.8, 4) is 0 Å². The van der Waals surface area contributed by atoms with Crippen LogP contribution in [0.2, 0.25) is 0 Å². The molecule has 13 heavy (non-hydrogen) atoms. The van der Waals surface area contributed by atoms with Crippen molar-refractivity contribution in [1.29, 1.82) is 0 Å². The zero-order valence-electron chi connectivity index (χ0n) is 7.05. The fraction of sp³-hybridized carbons (Fsp3) is 0.444. The predicted molar refractivity (Wildman–Crippen MR) is 57.1 cm³/mol. The third kappa shape index (κ3) is 2.31. The van der Waals surface area contributed by atoms with E-state index in [4.69, 9.17) is 0 Å². The van der Waals surface area contributed by atoms with Gasteiger partial charge in [-0.2, -0.15) is 0 Å². The Bertz CT molecular complexity index is 319. The molecule has 1 saturated carbocycles. The van der Waals surface area contributed by atoms with Gasteiger partial charge >= 0.3 is 0 Å². The number of nitrogens with one attached hydrogen (secondary N) is 1. The Labute approximate surface area is 89.5 Å². The molecule has 1 amide bonds. The summed E-state index contributed by atoms with van der Waals surface area (Å²) in [5.74, 6) is 0.779. The molecule has 1 heterocycles. The van der Waals surface area contributed by atoms with Gasteiger partial charge in [0.1, 0.15) is 0 Å². The van der Waals surface area contributed by atoms with Gasteiger partial charge in [-0.1, -0.05) is 0 Å². The van der Waals surface area contributed by atoms with Crippen molar-refractivity contribution < 1.29 is 4.79 Å².